The monoisotopic (exact) mass is 300 g/mol. The van der Waals surface area contributed by atoms with E-state index in [1.165, 1.54) is 4.90 Å². The number of carbonyl (C=O) groups is 1. The topological polar surface area (TPSA) is 32.8 Å². The Morgan fingerprint density at radius 2 is 1.81 bits per heavy atom. The number of carbonyl (C=O) groups excluding carboxylic acids is 1. The van der Waals surface area contributed by atoms with Crippen LogP contribution in [0.1, 0.15) is 19.4 Å². The third kappa shape index (κ3) is 2.14. The van der Waals surface area contributed by atoms with Crippen LogP contribution in [0.4, 0.5) is 5.69 Å². The number of anilines is 1. The lowest BCUT2D eigenvalue weighted by Crippen LogP contribution is -2.30. The number of rotatable bonds is 2. The van der Waals surface area contributed by atoms with Crippen molar-refractivity contribution < 1.29 is 9.53 Å². The van der Waals surface area contributed by atoms with Crippen molar-refractivity contribution in [1.29, 1.82) is 0 Å². The number of para-hydroxylation sites is 1. The number of ether oxygens (including phenoxy) is 1. The standard InChI is InChI=1S/C16H16N2O2S/c1-3-17-12-8-6-5-7-11(12)9-10-13(17)14-15(19)18(4-2)16(21)20-14/h5-10H,3-4H2,1-2H3/b14-13+. The number of likely N-dealkylation sites (N-methyl/N-ethyl adjacent to an activating group) is 2. The molecule has 0 radical (unpaired) electrons. The molecule has 1 aromatic carbocycles. The molecule has 1 saturated heterocycles. The summed E-state index contributed by atoms with van der Waals surface area (Å²) in [4.78, 5) is 16.0. The van der Waals surface area contributed by atoms with Gasteiger partial charge in [-0.1, -0.05) is 24.3 Å². The lowest BCUT2D eigenvalue weighted by atomic mass is 10.1. The van der Waals surface area contributed by atoms with Gasteiger partial charge in [-0.25, -0.2) is 0 Å². The highest BCUT2D eigenvalue weighted by Crippen LogP contribution is 2.34. The molecule has 108 valence electrons. The van der Waals surface area contributed by atoms with Crippen LogP contribution in [0.2, 0.25) is 0 Å². The van der Waals surface area contributed by atoms with Crippen molar-refractivity contribution in [2.24, 2.45) is 0 Å². The van der Waals surface area contributed by atoms with Crippen molar-refractivity contribution in [3.05, 3.63) is 47.4 Å². The minimum absolute atomic E-state index is 0.167. The summed E-state index contributed by atoms with van der Waals surface area (Å²) in [7, 11) is 0. The summed E-state index contributed by atoms with van der Waals surface area (Å²) in [6.45, 7) is 5.19. The largest absolute Gasteiger partial charge is 0.423 e. The zero-order chi connectivity index (χ0) is 15.0. The maximum atomic E-state index is 12.4. The Morgan fingerprint density at radius 3 is 2.48 bits per heavy atom. The fraction of sp³-hybridized carbons (Fsp3) is 0.250. The number of allylic oxidation sites excluding steroid dienone is 1. The first kappa shape index (κ1) is 13.8. The second kappa shape index (κ2) is 5.33. The molecule has 0 unspecified atom stereocenters. The maximum Gasteiger partial charge on any atom is 0.299 e. The second-order valence-electron chi connectivity index (χ2n) is 4.77. The molecule has 0 bridgehead atoms. The van der Waals surface area contributed by atoms with Crippen molar-refractivity contribution in [2.45, 2.75) is 13.8 Å². The summed E-state index contributed by atoms with van der Waals surface area (Å²) in [6, 6.07) is 8.08. The van der Waals surface area contributed by atoms with Crippen LogP contribution in [0.5, 0.6) is 0 Å². The number of hydrogen-bond donors (Lipinski definition) is 0. The van der Waals surface area contributed by atoms with Gasteiger partial charge in [-0.2, -0.15) is 0 Å². The van der Waals surface area contributed by atoms with Crippen molar-refractivity contribution in [1.82, 2.24) is 4.90 Å². The highest BCUT2D eigenvalue weighted by atomic mass is 32.1. The molecule has 21 heavy (non-hydrogen) atoms. The molecule has 0 aromatic heterocycles. The molecule has 0 spiro atoms. The van der Waals surface area contributed by atoms with Crippen LogP contribution in [0.3, 0.4) is 0 Å². The minimum Gasteiger partial charge on any atom is -0.423 e. The smallest absolute Gasteiger partial charge is 0.299 e. The van der Waals surface area contributed by atoms with Crippen LogP contribution < -0.4 is 4.90 Å². The number of amides is 1. The lowest BCUT2D eigenvalue weighted by molar-refractivity contribution is -0.122. The molecule has 2 heterocycles. The molecule has 0 atom stereocenters. The van der Waals surface area contributed by atoms with Gasteiger partial charge in [0.1, 0.15) is 0 Å². The number of nitrogens with zero attached hydrogens (tertiary/aromatic N) is 2. The third-order valence-electron chi connectivity index (χ3n) is 3.65. The summed E-state index contributed by atoms with van der Waals surface area (Å²) in [6.07, 6.45) is 3.92. The van der Waals surface area contributed by atoms with E-state index >= 15 is 0 Å². The van der Waals surface area contributed by atoms with Gasteiger partial charge in [0.15, 0.2) is 0 Å². The number of thiocarbonyl (C=S) groups is 1. The van der Waals surface area contributed by atoms with Gasteiger partial charge in [0.25, 0.3) is 11.1 Å². The minimum atomic E-state index is -0.167. The van der Waals surface area contributed by atoms with E-state index in [1.807, 2.05) is 44.2 Å². The van der Waals surface area contributed by atoms with E-state index in [0.29, 0.717) is 12.3 Å². The van der Waals surface area contributed by atoms with Gasteiger partial charge < -0.3 is 9.64 Å². The van der Waals surface area contributed by atoms with E-state index in [9.17, 15) is 4.79 Å². The molecule has 1 fully saturated rings. The van der Waals surface area contributed by atoms with E-state index in [1.54, 1.807) is 0 Å². The van der Waals surface area contributed by atoms with Crippen LogP contribution in [-0.2, 0) is 9.53 Å². The summed E-state index contributed by atoms with van der Waals surface area (Å²) in [5, 5.41) is 0.230. The fourth-order valence-corrected chi connectivity index (χ4v) is 2.92. The van der Waals surface area contributed by atoms with Crippen LogP contribution in [0.15, 0.2) is 41.8 Å². The number of hydrogen-bond acceptors (Lipinski definition) is 4. The third-order valence-corrected chi connectivity index (χ3v) is 3.96. The van der Waals surface area contributed by atoms with E-state index in [4.69, 9.17) is 17.0 Å². The molecule has 4 nitrogen and oxygen atoms in total. The fourth-order valence-electron chi connectivity index (χ4n) is 2.63. The summed E-state index contributed by atoms with van der Waals surface area (Å²) < 4.78 is 5.56. The van der Waals surface area contributed by atoms with Gasteiger partial charge in [0, 0.05) is 18.8 Å². The van der Waals surface area contributed by atoms with E-state index in [2.05, 4.69) is 11.0 Å². The van der Waals surface area contributed by atoms with Crippen LogP contribution in [-0.4, -0.2) is 29.1 Å². The van der Waals surface area contributed by atoms with Crippen LogP contribution >= 0.6 is 12.2 Å². The second-order valence-corrected chi connectivity index (χ2v) is 5.12. The van der Waals surface area contributed by atoms with Crippen molar-refractivity contribution in [3.63, 3.8) is 0 Å². The number of benzene rings is 1. The zero-order valence-electron chi connectivity index (χ0n) is 12.0. The van der Waals surface area contributed by atoms with Gasteiger partial charge in [0.2, 0.25) is 5.76 Å². The molecule has 0 saturated carbocycles. The molecule has 3 rings (SSSR count). The molecule has 5 heteroatoms. The predicted molar refractivity (Wildman–Crippen MR) is 86.6 cm³/mol. The average Bonchev–Trinajstić information content (AvgIpc) is 2.80. The Kier molecular flexibility index (Phi) is 3.51. The van der Waals surface area contributed by atoms with Crippen LogP contribution in [0.25, 0.3) is 6.08 Å². The molecule has 1 amide bonds. The van der Waals surface area contributed by atoms with Crippen molar-refractivity contribution in [2.75, 3.05) is 18.0 Å². The van der Waals surface area contributed by atoms with Gasteiger partial charge in [-0.15, -0.1) is 0 Å². The average molecular weight is 300 g/mol. The Labute approximate surface area is 129 Å². The predicted octanol–water partition coefficient (Wildman–Crippen LogP) is 2.91. The normalized spacial score (nSPS) is 20.9. The highest BCUT2D eigenvalue weighted by Gasteiger charge is 2.36. The lowest BCUT2D eigenvalue weighted by Gasteiger charge is -2.29. The van der Waals surface area contributed by atoms with E-state index in [-0.39, 0.29) is 11.1 Å². The molecule has 2 aliphatic heterocycles. The number of fused-ring (bicyclic) bond motifs is 1. The first-order valence-corrected chi connectivity index (χ1v) is 7.40. The van der Waals surface area contributed by atoms with Gasteiger partial charge in [-0.05, 0) is 43.8 Å². The van der Waals surface area contributed by atoms with Gasteiger partial charge in [0.05, 0.1) is 5.70 Å². The van der Waals surface area contributed by atoms with Crippen molar-refractivity contribution in [3.8, 4) is 0 Å². The maximum absolute atomic E-state index is 12.4. The summed E-state index contributed by atoms with van der Waals surface area (Å²) in [5.41, 5.74) is 2.96. The first-order chi connectivity index (χ1) is 10.2. The Morgan fingerprint density at radius 1 is 1.10 bits per heavy atom. The molecular weight excluding hydrogens is 284 g/mol. The summed E-state index contributed by atoms with van der Waals surface area (Å²) in [5.74, 6) is 0.148. The molecular formula is C16H16N2O2S. The Balaban J connectivity index is 2.10. The first-order valence-electron chi connectivity index (χ1n) is 7.00. The van der Waals surface area contributed by atoms with Gasteiger partial charge in [-0.3, -0.25) is 9.69 Å². The summed E-state index contributed by atoms with van der Waals surface area (Å²) >= 11 is 5.12. The van der Waals surface area contributed by atoms with Crippen LogP contribution in [0, 0.1) is 0 Å². The molecule has 0 aliphatic carbocycles. The van der Waals surface area contributed by atoms with Gasteiger partial charge >= 0.3 is 0 Å². The Bertz CT molecular complexity index is 679. The van der Waals surface area contributed by atoms with Crippen molar-refractivity contribution >= 4 is 35.1 Å². The quantitative estimate of drug-likeness (QED) is 0.621. The zero-order valence-corrected chi connectivity index (χ0v) is 12.8. The molecule has 0 N–H and O–H groups in total. The highest BCUT2D eigenvalue weighted by molar-refractivity contribution is 7.80. The Hall–Kier alpha value is -2.14. The molecule has 2 aliphatic rings. The SMILES string of the molecule is CCN1C(=O)/C(=C2/C=Cc3ccccc3N2CC)OC1=S. The van der Waals surface area contributed by atoms with E-state index in [0.717, 1.165) is 23.5 Å². The molecule has 1 aromatic rings. The van der Waals surface area contributed by atoms with E-state index < -0.39 is 0 Å².